The molecule has 8 aliphatic heterocycles. The minimum Gasteiger partial charge on any atom is -0.404 e. The first-order chi connectivity index (χ1) is 60.3. The number of nitrogens with zero attached hydrogens (tertiary/aromatic N) is 4. The lowest BCUT2D eigenvalue weighted by atomic mass is 10.1. The zero-order chi connectivity index (χ0) is 95.6. The summed E-state index contributed by atoms with van der Waals surface area (Å²) in [5.74, 6) is -13.8. The van der Waals surface area contributed by atoms with Crippen LogP contribution in [0.3, 0.4) is 0 Å². The number of aryl methyl sites for hydroxylation is 4. The summed E-state index contributed by atoms with van der Waals surface area (Å²) in [4.78, 5) is 58.0. The quantitative estimate of drug-likeness (QED) is 0.0243. The summed E-state index contributed by atoms with van der Waals surface area (Å²) >= 11 is 43.2. The molecule has 8 aromatic rings. The van der Waals surface area contributed by atoms with E-state index in [0.29, 0.717) is 72.7 Å². The van der Waals surface area contributed by atoms with Gasteiger partial charge in [0, 0.05) is 89.4 Å². The van der Waals surface area contributed by atoms with Crippen LogP contribution in [0.15, 0.2) is 117 Å². The normalized spacial score (nSPS) is 34.6. The monoisotopic (exact) mass is 1980 g/mol. The molecule has 4 fully saturated rings. The molecule has 0 amide bonds. The average Bonchev–Trinajstić information content (AvgIpc) is 1.56. The maximum absolute atomic E-state index is 15.9. The van der Waals surface area contributed by atoms with E-state index in [0.717, 1.165) is 23.2 Å². The molecule has 124 heavy (non-hydrogen) atoms. The van der Waals surface area contributed by atoms with Crippen LogP contribution in [-0.4, -0.2) is 178 Å². The van der Waals surface area contributed by atoms with Crippen LogP contribution in [-0.2, 0) is 99.8 Å². The number of nitrogens with one attached hydrogen (secondary N) is 4. The Morgan fingerprint density at radius 3 is 0.976 bits per heavy atom. The highest BCUT2D eigenvalue weighted by atomic mass is 35.5. The Kier molecular flexibility index (Phi) is 25.8. The number of alkyl halides is 4. The third kappa shape index (κ3) is 20.2. The number of aromatic nitrogens is 8. The SMILES string of the molecule is Cc1cn([C@@H]2O[C@](F)(COP3(=O)OCc4cc(Cl)ccc4O3)[C@@H](O)[C@H]2O)c(=O)[nH]c1=S.[2H]C([2H])(OP1(=O)OCc2cc(Cl)ccc2O1)[C@@]1(F)O[C@@H](n2cc(C)c(=S)[nH]c2=O)[C@H](O)[C@@H]1O.[2H]C([2H])(OP1(=O)OCc2cc(Cl)ccc2O1)[C@@]1(F)O[C@@]([2H])(n2cc(C)c(=S)[nH]c2=O)[C@H](O)[C@@H]1O.[2H][C@@]1(n2cc(C)c(=S)[nH]c2=O)O[C@](F)(COP2(=O)OCc3cc(Cl)ccc3O2)[C@@H](O)[C@H]1O. The number of benzene rings is 4. The van der Waals surface area contributed by atoms with Gasteiger partial charge in [0.2, 0.25) is 0 Å². The van der Waals surface area contributed by atoms with Crippen molar-refractivity contribution in [2.75, 3.05) is 26.3 Å². The van der Waals surface area contributed by atoms with Crippen LogP contribution in [0.5, 0.6) is 23.0 Å². The summed E-state index contributed by atoms with van der Waals surface area (Å²) in [6.07, 6.45) is -23.4. The lowest BCUT2D eigenvalue weighted by Crippen LogP contribution is -2.43. The molecule has 0 bridgehead atoms. The first-order valence-corrected chi connectivity index (χ1v) is 44.1. The predicted octanol–water partition coefficient (Wildman–Crippen LogP) is 10.1. The molecule has 0 radical (unpaired) electrons. The lowest BCUT2D eigenvalue weighted by molar-refractivity contribution is -0.205. The number of aliphatic hydroxyl groups is 8. The Balaban J connectivity index is 0.000000148. The zero-order valence-electron chi connectivity index (χ0n) is 68.9. The van der Waals surface area contributed by atoms with Crippen molar-refractivity contribution >= 4 is 127 Å². The van der Waals surface area contributed by atoms with Gasteiger partial charge in [0.05, 0.1) is 34.7 Å². The molecule has 4 aromatic carbocycles. The second-order valence-corrected chi connectivity index (χ2v) is 37.0. The van der Waals surface area contributed by atoms with Gasteiger partial charge in [0.25, 0.3) is 23.4 Å². The number of hydrogen-bond donors (Lipinski definition) is 12. The fourth-order valence-corrected chi connectivity index (χ4v) is 17.9. The Hall–Kier alpha value is -6.52. The molecule has 40 nitrogen and oxygen atoms in total. The van der Waals surface area contributed by atoms with E-state index in [1.807, 2.05) is 0 Å². The molecule has 672 valence electrons. The van der Waals surface area contributed by atoms with Crippen LogP contribution >= 0.6 is 127 Å². The van der Waals surface area contributed by atoms with Crippen molar-refractivity contribution in [3.63, 3.8) is 0 Å². The summed E-state index contributed by atoms with van der Waals surface area (Å²) in [7, 11) is -18.2. The number of halogens is 8. The third-order valence-electron chi connectivity index (χ3n) is 18.5. The zero-order valence-corrected chi connectivity index (χ0v) is 72.7. The summed E-state index contributed by atoms with van der Waals surface area (Å²) in [5.41, 5.74) is -0.655. The van der Waals surface area contributed by atoms with E-state index in [1.165, 1.54) is 93.7 Å². The van der Waals surface area contributed by atoms with Crippen LogP contribution in [0.2, 0.25) is 20.1 Å². The third-order valence-corrected chi connectivity index (χ3v) is 26.2. The Labute approximate surface area is 741 Å². The maximum Gasteiger partial charge on any atom is 0.530 e. The predicted molar refractivity (Wildman–Crippen MR) is 428 cm³/mol. The number of rotatable bonds is 16. The summed E-state index contributed by atoms with van der Waals surface area (Å²) < 4.78 is 245. The fraction of sp³-hybridized carbons (Fsp3) is 0.412. The molecule has 4 saturated heterocycles. The molecule has 4 unspecified atom stereocenters. The van der Waals surface area contributed by atoms with Gasteiger partial charge >= 0.3 is 54.0 Å². The number of ether oxygens (including phenoxy) is 4. The minimum absolute atomic E-state index is 0.00469. The summed E-state index contributed by atoms with van der Waals surface area (Å²) in [5, 5.41) is 83.9. The van der Waals surface area contributed by atoms with Crippen LogP contribution < -0.4 is 40.9 Å². The number of fused-ring (bicyclic) bond motifs is 4. The molecule has 8 aliphatic rings. The van der Waals surface area contributed by atoms with Crippen LogP contribution in [0.1, 0.15) is 77.6 Å². The fourth-order valence-electron chi connectivity index (χ4n) is 11.9. The van der Waals surface area contributed by atoms with Gasteiger partial charge in [0.15, 0.2) is 24.9 Å². The second kappa shape index (κ2) is 36.8. The van der Waals surface area contributed by atoms with Crippen molar-refractivity contribution < 1.29 is 158 Å². The molecule has 12 N–H and O–H groups in total. The molecule has 0 aliphatic carbocycles. The smallest absolute Gasteiger partial charge is 0.404 e. The average molecular weight is 1990 g/mol. The van der Waals surface area contributed by atoms with Gasteiger partial charge in [-0.25, -0.2) is 55.0 Å². The number of phosphoric acid groups is 4. The topological polar surface area (TPSA) is 529 Å². The Morgan fingerprint density at radius 2 is 0.653 bits per heavy atom. The van der Waals surface area contributed by atoms with E-state index < -0.39 is 184 Å². The molecule has 0 saturated carbocycles. The standard InChI is InChI=1S/4C17H17ClFN2O8PS/c4*1-8-5-21(16(24)20-14(8)31)15-12(22)13(23)17(19,28-15)7-27-30(25)26-6-9-4-10(18)2-3-11(9)29-30/h4*2-5,12-13,15,22-23H,6-7H2,1H3,(H,20,24,31)/t4*12-,13+,15-,17-,30?/m1111/s1/i7D2,15D;15D;7D2;. The van der Waals surface area contributed by atoms with Gasteiger partial charge in [0.1, 0.15) is 117 Å². The van der Waals surface area contributed by atoms with Crippen molar-refractivity contribution in [3.8, 4) is 23.0 Å². The van der Waals surface area contributed by atoms with Gasteiger partial charge < -0.3 is 77.9 Å². The Bertz CT molecular complexity index is 6580. The molecule has 16 rings (SSSR count). The van der Waals surface area contributed by atoms with Gasteiger partial charge in [-0.15, -0.1) is 0 Å². The second-order valence-electron chi connectivity index (χ2n) is 27.4. The highest BCUT2D eigenvalue weighted by molar-refractivity contribution is 7.72. The van der Waals surface area contributed by atoms with Crippen molar-refractivity contribution in [3.05, 3.63) is 223 Å². The van der Waals surface area contributed by atoms with Crippen molar-refractivity contribution in [1.29, 1.82) is 0 Å². The van der Waals surface area contributed by atoms with E-state index in [-0.39, 0.29) is 66.9 Å². The van der Waals surface area contributed by atoms with E-state index >= 15 is 17.6 Å². The first-order valence-electron chi connectivity index (χ1n) is 38.1. The van der Waals surface area contributed by atoms with E-state index in [2.05, 4.69) is 19.9 Å². The number of hydrogen-bond acceptors (Lipinski definition) is 36. The number of phosphoric ester groups is 4. The van der Waals surface area contributed by atoms with E-state index in [4.69, 9.17) is 177 Å². The number of aliphatic hydroxyl groups excluding tert-OH is 8. The molecule has 12 heterocycles. The molecule has 0 spiro atoms. The van der Waals surface area contributed by atoms with E-state index in [9.17, 15) is 78.3 Å². The van der Waals surface area contributed by atoms with E-state index in [1.54, 1.807) is 13.0 Å². The molecule has 20 atom stereocenters. The van der Waals surface area contributed by atoms with Crippen molar-refractivity contribution in [2.45, 2.75) is 151 Å². The largest absolute Gasteiger partial charge is 0.530 e. The Morgan fingerprint density at radius 1 is 0.411 bits per heavy atom. The molecular formula is C68H68Cl4F4N8O32P4S4. The van der Waals surface area contributed by atoms with Gasteiger partial charge in [-0.1, -0.05) is 95.3 Å². The lowest BCUT2D eigenvalue weighted by Gasteiger charge is -2.28. The van der Waals surface area contributed by atoms with Gasteiger partial charge in [-0.2, -0.15) is 0 Å². The van der Waals surface area contributed by atoms with Crippen molar-refractivity contribution in [2.24, 2.45) is 0 Å². The minimum atomic E-state index is -4.84. The van der Waals surface area contributed by atoms with Gasteiger partial charge in [-0.3, -0.25) is 74.4 Å². The summed E-state index contributed by atoms with van der Waals surface area (Å²) in [6, 6.07) is 17.3. The summed E-state index contributed by atoms with van der Waals surface area (Å²) in [6.45, 7) is -4.93. The number of H-pyrrole nitrogens is 4. The van der Waals surface area contributed by atoms with Crippen LogP contribution in [0.25, 0.3) is 0 Å². The maximum atomic E-state index is 15.9. The van der Waals surface area contributed by atoms with Gasteiger partial charge in [-0.05, 0) is 100 Å². The van der Waals surface area contributed by atoms with Crippen LogP contribution in [0.4, 0.5) is 17.6 Å². The van der Waals surface area contributed by atoms with Crippen molar-refractivity contribution in [1.82, 2.24) is 38.2 Å². The molecule has 4 aromatic heterocycles. The first kappa shape index (κ1) is 86.8. The highest BCUT2D eigenvalue weighted by Crippen LogP contribution is 2.60. The number of aromatic amines is 4. The molecule has 56 heteroatoms. The van der Waals surface area contributed by atoms with Crippen LogP contribution in [0, 0.1) is 46.3 Å². The highest BCUT2D eigenvalue weighted by Gasteiger charge is 2.62. The molecular weight excluding hydrogens is 1910 g/mol.